The summed E-state index contributed by atoms with van der Waals surface area (Å²) in [5, 5.41) is 13.6. The fraction of sp³-hybridized carbons (Fsp3) is 0.500. The van der Waals surface area contributed by atoms with Gasteiger partial charge in [-0.3, -0.25) is 0 Å². The van der Waals surface area contributed by atoms with Crippen molar-refractivity contribution in [3.05, 3.63) is 11.1 Å². The van der Waals surface area contributed by atoms with E-state index in [4.69, 9.17) is 10.5 Å². The van der Waals surface area contributed by atoms with Gasteiger partial charge in [0.05, 0.1) is 18.3 Å². The Morgan fingerprint density at radius 1 is 1.55 bits per heavy atom. The second-order valence-electron chi connectivity index (χ2n) is 4.53. The Balaban J connectivity index is 2.24. The van der Waals surface area contributed by atoms with Crippen LogP contribution < -0.4 is 10.6 Å². The summed E-state index contributed by atoms with van der Waals surface area (Å²) in [6.45, 7) is 2.69. The monoisotopic (exact) mass is 314 g/mol. The summed E-state index contributed by atoms with van der Waals surface area (Å²) < 4.78 is 9.15. The molecule has 6 nitrogen and oxygen atoms in total. The molecule has 0 aromatic carbocycles. The van der Waals surface area contributed by atoms with Gasteiger partial charge in [0, 0.05) is 31.8 Å². The van der Waals surface area contributed by atoms with Crippen molar-refractivity contribution in [2.24, 2.45) is 0 Å². The number of nitrogen functional groups attached to an aromatic ring is 1. The quantitative estimate of drug-likeness (QED) is 0.842. The third-order valence-corrected chi connectivity index (χ3v) is 4.68. The van der Waals surface area contributed by atoms with Gasteiger partial charge in [0.2, 0.25) is 0 Å². The fourth-order valence-electron chi connectivity index (χ4n) is 1.87. The molecule has 2 aromatic rings. The molecular weight excluding hydrogens is 296 g/mol. The summed E-state index contributed by atoms with van der Waals surface area (Å²) in [5.74, 6) is 0.479. The number of likely N-dealkylation sites (N-methyl/N-ethyl adjacent to an activating group) is 1. The largest absolute Gasteiger partial charge is 0.389 e. The molecule has 0 aliphatic carbocycles. The Morgan fingerprint density at radius 2 is 2.30 bits per heavy atom. The van der Waals surface area contributed by atoms with Gasteiger partial charge in [-0.05, 0) is 18.5 Å². The van der Waals surface area contributed by atoms with Crippen molar-refractivity contribution in [1.29, 1.82) is 0 Å². The van der Waals surface area contributed by atoms with Crippen molar-refractivity contribution in [1.82, 2.24) is 9.36 Å². The van der Waals surface area contributed by atoms with Crippen LogP contribution in [-0.2, 0) is 4.74 Å². The molecule has 2 aromatic heterocycles. The highest BCUT2D eigenvalue weighted by molar-refractivity contribution is 7.15. The maximum absolute atomic E-state index is 9.83. The van der Waals surface area contributed by atoms with E-state index in [9.17, 15) is 5.11 Å². The van der Waals surface area contributed by atoms with Gasteiger partial charge in [0.25, 0.3) is 0 Å². The number of methoxy groups -OCH3 is 1. The number of rotatable bonds is 6. The minimum absolute atomic E-state index is 0.296. The summed E-state index contributed by atoms with van der Waals surface area (Å²) in [6.07, 6.45) is -0.556. The van der Waals surface area contributed by atoms with Crippen LogP contribution in [0.1, 0.15) is 5.69 Å². The van der Waals surface area contributed by atoms with Gasteiger partial charge < -0.3 is 20.5 Å². The van der Waals surface area contributed by atoms with Gasteiger partial charge in [-0.25, -0.2) is 4.98 Å². The number of nitrogens with two attached hydrogens (primary N) is 1. The summed E-state index contributed by atoms with van der Waals surface area (Å²) in [5.41, 5.74) is 7.77. The van der Waals surface area contributed by atoms with Gasteiger partial charge in [0.1, 0.15) is 15.8 Å². The number of aromatic nitrogens is 2. The standard InChI is InChI=1S/C12H18N4O2S2/c1-7-6-19-11(14-7)9-10(13)15-20-12(9)16(2)4-8(17)5-18-3/h6,8,17H,4-5H2,1-3H3,(H2,13,15). The predicted octanol–water partition coefficient (Wildman–Crippen LogP) is 1.60. The highest BCUT2D eigenvalue weighted by Gasteiger charge is 2.21. The highest BCUT2D eigenvalue weighted by atomic mass is 32.1. The summed E-state index contributed by atoms with van der Waals surface area (Å²) in [7, 11) is 3.47. The van der Waals surface area contributed by atoms with E-state index < -0.39 is 6.10 Å². The average molecular weight is 314 g/mol. The molecule has 0 bridgehead atoms. The zero-order valence-electron chi connectivity index (χ0n) is 11.7. The van der Waals surface area contributed by atoms with E-state index >= 15 is 0 Å². The molecule has 0 radical (unpaired) electrons. The van der Waals surface area contributed by atoms with E-state index in [1.807, 2.05) is 24.3 Å². The van der Waals surface area contributed by atoms with Crippen molar-refractivity contribution in [2.75, 3.05) is 37.9 Å². The van der Waals surface area contributed by atoms with Crippen LogP contribution in [0.2, 0.25) is 0 Å². The number of thiazole rings is 1. The van der Waals surface area contributed by atoms with E-state index in [1.54, 1.807) is 18.4 Å². The number of aliphatic hydroxyl groups excluding tert-OH is 1. The van der Waals surface area contributed by atoms with Gasteiger partial charge in [0.15, 0.2) is 0 Å². The molecule has 20 heavy (non-hydrogen) atoms. The molecule has 0 amide bonds. The Labute approximate surface area is 126 Å². The zero-order valence-corrected chi connectivity index (χ0v) is 13.3. The maximum Gasteiger partial charge on any atom is 0.149 e. The molecule has 1 unspecified atom stereocenters. The van der Waals surface area contributed by atoms with E-state index in [0.717, 1.165) is 21.3 Å². The molecule has 0 fully saturated rings. The van der Waals surface area contributed by atoms with Crippen LogP contribution in [0, 0.1) is 6.92 Å². The van der Waals surface area contributed by atoms with Gasteiger partial charge in [-0.1, -0.05) is 0 Å². The van der Waals surface area contributed by atoms with Crippen molar-refractivity contribution >= 4 is 33.7 Å². The normalized spacial score (nSPS) is 12.6. The number of nitrogens with zero attached hydrogens (tertiary/aromatic N) is 3. The molecule has 2 heterocycles. The van der Waals surface area contributed by atoms with Crippen molar-refractivity contribution in [3.8, 4) is 10.6 Å². The molecule has 0 aliphatic rings. The minimum Gasteiger partial charge on any atom is -0.389 e. The van der Waals surface area contributed by atoms with E-state index in [0.29, 0.717) is 19.0 Å². The summed E-state index contributed by atoms with van der Waals surface area (Å²) in [4.78, 5) is 6.40. The number of aliphatic hydroxyl groups is 1. The number of aryl methyl sites for hydroxylation is 1. The number of ether oxygens (including phenoxy) is 1. The van der Waals surface area contributed by atoms with Crippen molar-refractivity contribution in [3.63, 3.8) is 0 Å². The lowest BCUT2D eigenvalue weighted by Gasteiger charge is -2.21. The fourth-order valence-corrected chi connectivity index (χ4v) is 3.57. The third-order valence-electron chi connectivity index (χ3n) is 2.72. The van der Waals surface area contributed by atoms with Crippen LogP contribution in [0.3, 0.4) is 0 Å². The Kier molecular flexibility index (Phi) is 4.92. The summed E-state index contributed by atoms with van der Waals surface area (Å²) >= 11 is 2.86. The molecular formula is C12H18N4O2S2. The molecule has 0 saturated carbocycles. The molecule has 1 atom stereocenters. The molecule has 0 spiro atoms. The maximum atomic E-state index is 9.83. The topological polar surface area (TPSA) is 84.5 Å². The molecule has 8 heteroatoms. The van der Waals surface area contributed by atoms with Crippen LogP contribution in [0.4, 0.5) is 10.8 Å². The Morgan fingerprint density at radius 3 is 2.90 bits per heavy atom. The van der Waals surface area contributed by atoms with Crippen LogP contribution in [0.25, 0.3) is 10.6 Å². The number of hydrogen-bond acceptors (Lipinski definition) is 8. The third kappa shape index (κ3) is 3.26. The van der Waals surface area contributed by atoms with Crippen molar-refractivity contribution < 1.29 is 9.84 Å². The predicted molar refractivity (Wildman–Crippen MR) is 83.5 cm³/mol. The summed E-state index contributed by atoms with van der Waals surface area (Å²) in [6, 6.07) is 0. The number of hydrogen-bond donors (Lipinski definition) is 2. The lowest BCUT2D eigenvalue weighted by atomic mass is 10.3. The first kappa shape index (κ1) is 15.2. The van der Waals surface area contributed by atoms with Gasteiger partial charge >= 0.3 is 0 Å². The van der Waals surface area contributed by atoms with Crippen LogP contribution in [-0.4, -0.2) is 47.9 Å². The van der Waals surface area contributed by atoms with Crippen molar-refractivity contribution in [2.45, 2.75) is 13.0 Å². The highest BCUT2D eigenvalue weighted by Crippen LogP contribution is 2.40. The smallest absolute Gasteiger partial charge is 0.149 e. The minimum atomic E-state index is -0.556. The van der Waals surface area contributed by atoms with E-state index in [-0.39, 0.29) is 0 Å². The van der Waals surface area contributed by atoms with E-state index in [2.05, 4.69) is 9.36 Å². The average Bonchev–Trinajstić information content (AvgIpc) is 2.95. The zero-order chi connectivity index (χ0) is 14.7. The SMILES string of the molecule is COCC(O)CN(C)c1snc(N)c1-c1nc(C)cs1. The molecule has 2 rings (SSSR count). The van der Waals surface area contributed by atoms with Crippen LogP contribution >= 0.6 is 22.9 Å². The first-order chi connectivity index (χ1) is 9.52. The first-order valence-electron chi connectivity index (χ1n) is 6.08. The number of anilines is 2. The molecule has 110 valence electrons. The first-order valence-corrected chi connectivity index (χ1v) is 7.74. The molecule has 0 saturated heterocycles. The van der Waals surface area contributed by atoms with Crippen LogP contribution in [0.5, 0.6) is 0 Å². The molecule has 0 aliphatic heterocycles. The lowest BCUT2D eigenvalue weighted by Crippen LogP contribution is -2.31. The lowest BCUT2D eigenvalue weighted by molar-refractivity contribution is 0.0696. The second kappa shape index (κ2) is 6.49. The van der Waals surface area contributed by atoms with E-state index in [1.165, 1.54) is 11.5 Å². The van der Waals surface area contributed by atoms with Gasteiger partial charge in [-0.2, -0.15) is 4.37 Å². The molecule has 3 N–H and O–H groups in total. The Bertz CT molecular complexity index is 570. The van der Waals surface area contributed by atoms with Gasteiger partial charge in [-0.15, -0.1) is 11.3 Å². The second-order valence-corrected chi connectivity index (χ2v) is 6.14. The van der Waals surface area contributed by atoms with Crippen LogP contribution in [0.15, 0.2) is 5.38 Å². The Hall–Kier alpha value is -1.22.